The van der Waals surface area contributed by atoms with Gasteiger partial charge in [-0.25, -0.2) is 8.78 Å². The van der Waals surface area contributed by atoms with E-state index in [1.165, 1.54) is 57.1 Å². The number of rotatable bonds is 6. The van der Waals surface area contributed by atoms with Crippen LogP contribution >= 0.6 is 0 Å². The highest BCUT2D eigenvalue weighted by molar-refractivity contribution is 5.36. The first kappa shape index (κ1) is 21.0. The van der Waals surface area contributed by atoms with Crippen LogP contribution in [0.5, 0.6) is 0 Å². The van der Waals surface area contributed by atoms with Crippen molar-refractivity contribution in [2.45, 2.75) is 83.5 Å². The van der Waals surface area contributed by atoms with Gasteiger partial charge >= 0.3 is 0 Å². The van der Waals surface area contributed by atoms with E-state index in [0.29, 0.717) is 11.5 Å². The number of hydrogen-bond acceptors (Lipinski definition) is 1. The SMILES string of the molecule is CCCC[C@H]1CC[C@H](/C=C/C2CCC(c3cc(F)c(C#N)c(F)c3)CC2)CC1. The summed E-state index contributed by atoms with van der Waals surface area (Å²) < 4.78 is 27.8. The maximum atomic E-state index is 13.9. The third kappa shape index (κ3) is 5.43. The fourth-order valence-corrected chi connectivity index (χ4v) is 5.06. The van der Waals surface area contributed by atoms with Gasteiger partial charge in [0.25, 0.3) is 0 Å². The molecule has 0 heterocycles. The lowest BCUT2D eigenvalue weighted by Crippen LogP contribution is -2.15. The summed E-state index contributed by atoms with van der Waals surface area (Å²) in [7, 11) is 0. The molecule has 0 radical (unpaired) electrons. The summed E-state index contributed by atoms with van der Waals surface area (Å²) in [6.45, 7) is 2.28. The van der Waals surface area contributed by atoms with Gasteiger partial charge in [0.2, 0.25) is 0 Å². The molecule has 152 valence electrons. The van der Waals surface area contributed by atoms with E-state index in [4.69, 9.17) is 5.26 Å². The Bertz CT molecular complexity index is 679. The molecule has 0 aliphatic heterocycles. The van der Waals surface area contributed by atoms with E-state index in [2.05, 4.69) is 19.1 Å². The predicted octanol–water partition coefficient (Wildman–Crippen LogP) is 7.66. The summed E-state index contributed by atoms with van der Waals surface area (Å²) in [5.74, 6) is 1.05. The minimum Gasteiger partial charge on any atom is -0.205 e. The number of benzene rings is 1. The second kappa shape index (κ2) is 10.2. The molecule has 0 aromatic heterocycles. The van der Waals surface area contributed by atoms with Gasteiger partial charge < -0.3 is 0 Å². The minimum atomic E-state index is -0.728. The van der Waals surface area contributed by atoms with Crippen molar-refractivity contribution in [3.05, 3.63) is 47.0 Å². The molecule has 0 atom stereocenters. The summed E-state index contributed by atoms with van der Waals surface area (Å²) in [4.78, 5) is 0. The molecule has 1 aromatic rings. The van der Waals surface area contributed by atoms with Crippen LogP contribution in [0.1, 0.15) is 94.6 Å². The van der Waals surface area contributed by atoms with Crippen molar-refractivity contribution in [1.82, 2.24) is 0 Å². The van der Waals surface area contributed by atoms with Crippen LogP contribution in [0.15, 0.2) is 24.3 Å². The smallest absolute Gasteiger partial charge is 0.144 e. The molecule has 2 aliphatic rings. The number of hydrogen-bond donors (Lipinski definition) is 0. The Hall–Kier alpha value is -1.69. The van der Waals surface area contributed by atoms with Gasteiger partial charge in [-0.1, -0.05) is 38.3 Å². The highest BCUT2D eigenvalue weighted by Gasteiger charge is 2.24. The molecule has 2 fully saturated rings. The molecular formula is C25H33F2N. The Balaban J connectivity index is 1.46. The van der Waals surface area contributed by atoms with E-state index in [0.717, 1.165) is 37.5 Å². The lowest BCUT2D eigenvalue weighted by atomic mass is 9.76. The molecule has 0 saturated heterocycles. The molecule has 0 N–H and O–H groups in total. The normalized spacial score (nSPS) is 28.4. The van der Waals surface area contributed by atoms with Crippen molar-refractivity contribution in [2.24, 2.45) is 17.8 Å². The van der Waals surface area contributed by atoms with E-state index in [9.17, 15) is 8.78 Å². The molecule has 0 spiro atoms. The number of nitriles is 1. The zero-order chi connectivity index (χ0) is 19.9. The molecule has 0 bridgehead atoms. The van der Waals surface area contributed by atoms with Crippen LogP contribution in [0.3, 0.4) is 0 Å². The maximum Gasteiger partial charge on any atom is 0.144 e. The van der Waals surface area contributed by atoms with E-state index >= 15 is 0 Å². The zero-order valence-electron chi connectivity index (χ0n) is 17.1. The van der Waals surface area contributed by atoms with E-state index in [1.807, 2.05) is 0 Å². The second-order valence-electron chi connectivity index (χ2n) is 8.89. The quantitative estimate of drug-likeness (QED) is 0.461. The van der Waals surface area contributed by atoms with Crippen molar-refractivity contribution in [1.29, 1.82) is 5.26 Å². The summed E-state index contributed by atoms with van der Waals surface area (Å²) in [5.41, 5.74) is 0.242. The van der Waals surface area contributed by atoms with Crippen LogP contribution in [0.2, 0.25) is 0 Å². The molecule has 1 aromatic carbocycles. The predicted molar refractivity (Wildman–Crippen MR) is 110 cm³/mol. The van der Waals surface area contributed by atoms with Crippen LogP contribution in [-0.4, -0.2) is 0 Å². The standard InChI is InChI=1S/C25H33F2N/c1-2-3-4-18-5-7-19(8-6-18)9-10-20-11-13-21(14-12-20)22-15-24(26)23(17-28)25(27)16-22/h9-10,15-16,18-21H,2-8,11-14H2,1H3/b10-9+/t18-,19-,20?,21?. The van der Waals surface area contributed by atoms with Crippen LogP contribution in [-0.2, 0) is 0 Å². The van der Waals surface area contributed by atoms with Crippen molar-refractivity contribution >= 4 is 0 Å². The van der Waals surface area contributed by atoms with Gasteiger partial charge in [0.15, 0.2) is 0 Å². The molecule has 0 amide bonds. The highest BCUT2D eigenvalue weighted by Crippen LogP contribution is 2.38. The summed E-state index contributed by atoms with van der Waals surface area (Å²) in [6.07, 6.45) is 18.5. The maximum absolute atomic E-state index is 13.9. The van der Waals surface area contributed by atoms with E-state index < -0.39 is 17.2 Å². The van der Waals surface area contributed by atoms with Gasteiger partial charge in [-0.2, -0.15) is 5.26 Å². The number of unbranched alkanes of at least 4 members (excludes halogenated alkanes) is 1. The number of allylic oxidation sites excluding steroid dienone is 2. The van der Waals surface area contributed by atoms with Gasteiger partial charge in [0.05, 0.1) is 0 Å². The summed E-state index contributed by atoms with van der Waals surface area (Å²) in [6, 6.07) is 4.32. The molecule has 28 heavy (non-hydrogen) atoms. The first-order valence-electron chi connectivity index (χ1n) is 11.2. The lowest BCUT2D eigenvalue weighted by Gasteiger charge is -2.29. The number of nitrogens with zero attached hydrogens (tertiary/aromatic N) is 1. The van der Waals surface area contributed by atoms with Crippen molar-refractivity contribution in [3.63, 3.8) is 0 Å². The van der Waals surface area contributed by atoms with Gasteiger partial charge in [0, 0.05) is 0 Å². The average molecular weight is 386 g/mol. The third-order valence-electron chi connectivity index (χ3n) is 6.93. The first-order chi connectivity index (χ1) is 13.6. The zero-order valence-corrected chi connectivity index (χ0v) is 17.1. The van der Waals surface area contributed by atoms with Gasteiger partial charge in [-0.05, 0) is 92.7 Å². The molecule has 1 nitrogen and oxygen atoms in total. The first-order valence-corrected chi connectivity index (χ1v) is 11.2. The van der Waals surface area contributed by atoms with Gasteiger partial charge in [-0.3, -0.25) is 0 Å². The Kier molecular flexibility index (Phi) is 7.65. The second-order valence-corrected chi connectivity index (χ2v) is 8.89. The molecule has 3 heteroatoms. The molecule has 2 saturated carbocycles. The Morgan fingerprint density at radius 3 is 1.96 bits per heavy atom. The Morgan fingerprint density at radius 1 is 0.929 bits per heavy atom. The van der Waals surface area contributed by atoms with Crippen LogP contribution < -0.4 is 0 Å². The van der Waals surface area contributed by atoms with Crippen molar-refractivity contribution < 1.29 is 8.78 Å². The summed E-state index contributed by atoms with van der Waals surface area (Å²) >= 11 is 0. The number of halogens is 2. The highest BCUT2D eigenvalue weighted by atomic mass is 19.1. The minimum absolute atomic E-state index is 0.204. The van der Waals surface area contributed by atoms with Crippen LogP contribution in [0.25, 0.3) is 0 Å². The summed E-state index contributed by atoms with van der Waals surface area (Å²) in [5, 5.41) is 8.82. The fourth-order valence-electron chi connectivity index (χ4n) is 5.06. The Labute approximate surface area is 168 Å². The molecule has 0 unspecified atom stereocenters. The third-order valence-corrected chi connectivity index (χ3v) is 6.93. The monoisotopic (exact) mass is 385 g/mol. The molecule has 2 aliphatic carbocycles. The van der Waals surface area contributed by atoms with Crippen molar-refractivity contribution in [2.75, 3.05) is 0 Å². The van der Waals surface area contributed by atoms with Crippen LogP contribution in [0.4, 0.5) is 8.78 Å². The van der Waals surface area contributed by atoms with Crippen LogP contribution in [0, 0.1) is 40.7 Å². The lowest BCUT2D eigenvalue weighted by molar-refractivity contribution is 0.289. The largest absolute Gasteiger partial charge is 0.205 e. The van der Waals surface area contributed by atoms with Crippen molar-refractivity contribution in [3.8, 4) is 6.07 Å². The fraction of sp³-hybridized carbons (Fsp3) is 0.640. The van der Waals surface area contributed by atoms with E-state index in [1.54, 1.807) is 6.07 Å². The molecular weight excluding hydrogens is 352 g/mol. The Morgan fingerprint density at radius 2 is 1.46 bits per heavy atom. The van der Waals surface area contributed by atoms with E-state index in [-0.39, 0.29) is 5.92 Å². The average Bonchev–Trinajstić information content (AvgIpc) is 2.71. The molecule has 3 rings (SSSR count). The van der Waals surface area contributed by atoms with Gasteiger partial charge in [0.1, 0.15) is 23.3 Å². The topological polar surface area (TPSA) is 23.8 Å². The van der Waals surface area contributed by atoms with Gasteiger partial charge in [-0.15, -0.1) is 0 Å².